The van der Waals surface area contributed by atoms with Crippen molar-refractivity contribution in [3.05, 3.63) is 35.4 Å². The fourth-order valence-electron chi connectivity index (χ4n) is 0.888. The number of aldehydes is 1. The number of carbonyl (C=O) groups is 2. The van der Waals surface area contributed by atoms with Crippen LogP contribution < -0.4 is 0 Å². The highest BCUT2D eigenvalue weighted by Gasteiger charge is 2.06. The van der Waals surface area contributed by atoms with Crippen LogP contribution in [0.25, 0.3) is 0 Å². The molecule has 0 amide bonds. The van der Waals surface area contributed by atoms with Gasteiger partial charge in [-0.1, -0.05) is 28.1 Å². The van der Waals surface area contributed by atoms with E-state index in [4.69, 9.17) is 5.11 Å². The number of carbonyl (C=O) groups excluding carboxylic acids is 1. The van der Waals surface area contributed by atoms with Crippen LogP contribution in [0.3, 0.4) is 0 Å². The van der Waals surface area contributed by atoms with E-state index in [1.165, 1.54) is 12.1 Å². The molecule has 0 aromatic heterocycles. The van der Waals surface area contributed by atoms with Gasteiger partial charge in [-0.05, 0) is 17.7 Å². The smallest absolute Gasteiger partial charge is 0.335 e. The summed E-state index contributed by atoms with van der Waals surface area (Å²) in [6.07, 6.45) is 0.746. The average Bonchev–Trinajstić information content (AvgIpc) is 2.17. The predicted molar refractivity (Wildman–Crippen MR) is 51.1 cm³/mol. The van der Waals surface area contributed by atoms with Crippen molar-refractivity contribution in [3.63, 3.8) is 0 Å². The fraction of sp³-hybridized carbons (Fsp3) is 0.111. The van der Waals surface area contributed by atoms with Crippen LogP contribution in [0.5, 0.6) is 0 Å². The summed E-state index contributed by atoms with van der Waals surface area (Å²) in [6, 6.07) is 6.15. The summed E-state index contributed by atoms with van der Waals surface area (Å²) >= 11 is 3.13. The third kappa shape index (κ3) is 2.39. The zero-order valence-corrected chi connectivity index (χ0v) is 8.19. The van der Waals surface area contributed by atoms with Gasteiger partial charge in [-0.15, -0.1) is 0 Å². The molecule has 0 spiro atoms. The van der Waals surface area contributed by atoms with E-state index in [0.717, 1.165) is 11.8 Å². The standard InChI is InChI=1S/C9H7BrO3/c10-8(5-11)6-1-3-7(4-2-6)9(12)13/h1-5,8H,(H,12,13). The first-order valence-corrected chi connectivity index (χ1v) is 4.49. The minimum atomic E-state index is -0.969. The molecule has 0 saturated carbocycles. The number of aromatic carboxylic acids is 1. The number of hydrogen-bond donors (Lipinski definition) is 1. The quantitative estimate of drug-likeness (QED) is 0.652. The Labute approximate surface area is 83.5 Å². The molecule has 0 aliphatic rings. The molecule has 1 aromatic carbocycles. The van der Waals surface area contributed by atoms with E-state index in [2.05, 4.69) is 15.9 Å². The monoisotopic (exact) mass is 242 g/mol. The van der Waals surface area contributed by atoms with Crippen molar-refractivity contribution in [1.82, 2.24) is 0 Å². The van der Waals surface area contributed by atoms with E-state index < -0.39 is 5.97 Å². The van der Waals surface area contributed by atoms with Crippen molar-refractivity contribution >= 4 is 28.2 Å². The number of halogens is 1. The Kier molecular flexibility index (Phi) is 3.19. The van der Waals surface area contributed by atoms with Gasteiger partial charge in [0.1, 0.15) is 6.29 Å². The molecule has 0 radical (unpaired) electrons. The molecular weight excluding hydrogens is 236 g/mol. The number of carboxylic acid groups (broad SMARTS) is 1. The van der Waals surface area contributed by atoms with Gasteiger partial charge in [-0.2, -0.15) is 0 Å². The van der Waals surface area contributed by atoms with Gasteiger partial charge < -0.3 is 9.90 Å². The molecule has 0 saturated heterocycles. The van der Waals surface area contributed by atoms with Crippen LogP contribution in [0.15, 0.2) is 24.3 Å². The molecule has 0 heterocycles. The second kappa shape index (κ2) is 4.18. The molecule has 0 aliphatic carbocycles. The van der Waals surface area contributed by atoms with Crippen LogP contribution in [0.1, 0.15) is 20.7 Å². The van der Waals surface area contributed by atoms with E-state index in [1.54, 1.807) is 12.1 Å². The largest absolute Gasteiger partial charge is 0.478 e. The SMILES string of the molecule is O=CC(Br)c1ccc(C(=O)O)cc1. The fourth-order valence-corrected chi connectivity index (χ4v) is 1.19. The first-order chi connectivity index (χ1) is 6.15. The van der Waals surface area contributed by atoms with E-state index in [0.29, 0.717) is 0 Å². The van der Waals surface area contributed by atoms with E-state index in [1.807, 2.05) is 0 Å². The third-order valence-electron chi connectivity index (χ3n) is 1.60. The van der Waals surface area contributed by atoms with Crippen molar-refractivity contribution in [2.45, 2.75) is 4.83 Å². The number of benzene rings is 1. The highest BCUT2D eigenvalue weighted by molar-refractivity contribution is 9.09. The minimum absolute atomic E-state index is 0.217. The lowest BCUT2D eigenvalue weighted by atomic mass is 10.1. The first-order valence-electron chi connectivity index (χ1n) is 3.58. The van der Waals surface area contributed by atoms with Gasteiger partial charge >= 0.3 is 5.97 Å². The maximum atomic E-state index is 10.5. The summed E-state index contributed by atoms with van der Waals surface area (Å²) in [4.78, 5) is 20.5. The Balaban J connectivity index is 2.93. The van der Waals surface area contributed by atoms with Crippen molar-refractivity contribution < 1.29 is 14.7 Å². The summed E-state index contributed by atoms with van der Waals surface area (Å²) in [5.41, 5.74) is 0.967. The zero-order chi connectivity index (χ0) is 9.84. The lowest BCUT2D eigenvalue weighted by Gasteiger charge is -2.01. The van der Waals surface area contributed by atoms with Crippen LogP contribution >= 0.6 is 15.9 Å². The molecule has 1 unspecified atom stereocenters. The highest BCUT2D eigenvalue weighted by atomic mass is 79.9. The van der Waals surface area contributed by atoms with Crippen LogP contribution in [0.2, 0.25) is 0 Å². The Morgan fingerprint density at radius 1 is 1.38 bits per heavy atom. The van der Waals surface area contributed by atoms with Gasteiger partial charge in [0.2, 0.25) is 0 Å². The Bertz CT molecular complexity index is 318. The number of carboxylic acids is 1. The second-order valence-electron chi connectivity index (χ2n) is 2.47. The first kappa shape index (κ1) is 9.92. The van der Waals surface area contributed by atoms with Gasteiger partial charge in [0.05, 0.1) is 10.4 Å². The van der Waals surface area contributed by atoms with Gasteiger partial charge in [0, 0.05) is 0 Å². The normalized spacial score (nSPS) is 12.1. The van der Waals surface area contributed by atoms with Gasteiger partial charge in [0.25, 0.3) is 0 Å². The Morgan fingerprint density at radius 2 is 1.92 bits per heavy atom. The molecule has 13 heavy (non-hydrogen) atoms. The van der Waals surface area contributed by atoms with Crippen LogP contribution in [-0.4, -0.2) is 17.4 Å². The average molecular weight is 243 g/mol. The van der Waals surface area contributed by atoms with Gasteiger partial charge in [-0.3, -0.25) is 0 Å². The topological polar surface area (TPSA) is 54.4 Å². The maximum absolute atomic E-state index is 10.5. The maximum Gasteiger partial charge on any atom is 0.335 e. The Hall–Kier alpha value is -1.16. The molecule has 68 valence electrons. The van der Waals surface area contributed by atoms with Crippen LogP contribution in [0.4, 0.5) is 0 Å². The van der Waals surface area contributed by atoms with Gasteiger partial charge in [0.15, 0.2) is 0 Å². The van der Waals surface area contributed by atoms with Crippen molar-refractivity contribution in [2.75, 3.05) is 0 Å². The molecule has 3 nitrogen and oxygen atoms in total. The molecular formula is C9H7BrO3. The van der Waals surface area contributed by atoms with Crippen LogP contribution in [0, 0.1) is 0 Å². The molecule has 4 heteroatoms. The highest BCUT2D eigenvalue weighted by Crippen LogP contribution is 2.20. The summed E-state index contributed by atoms with van der Waals surface area (Å²) < 4.78 is 0. The molecule has 0 aliphatic heterocycles. The van der Waals surface area contributed by atoms with Gasteiger partial charge in [-0.25, -0.2) is 4.79 Å². The van der Waals surface area contributed by atoms with E-state index in [9.17, 15) is 9.59 Å². The lowest BCUT2D eigenvalue weighted by molar-refractivity contribution is -0.107. The third-order valence-corrected chi connectivity index (χ3v) is 2.34. The number of alkyl halides is 1. The molecule has 0 fully saturated rings. The molecule has 1 atom stereocenters. The second-order valence-corrected chi connectivity index (χ2v) is 3.45. The predicted octanol–water partition coefficient (Wildman–Crippen LogP) is 2.02. The van der Waals surface area contributed by atoms with E-state index in [-0.39, 0.29) is 10.4 Å². The Morgan fingerprint density at radius 3 is 2.31 bits per heavy atom. The van der Waals surface area contributed by atoms with Crippen molar-refractivity contribution in [3.8, 4) is 0 Å². The zero-order valence-electron chi connectivity index (χ0n) is 6.61. The number of rotatable bonds is 3. The molecule has 1 N–H and O–H groups in total. The summed E-state index contributed by atoms with van der Waals surface area (Å²) in [6.45, 7) is 0. The van der Waals surface area contributed by atoms with E-state index >= 15 is 0 Å². The number of hydrogen-bond acceptors (Lipinski definition) is 2. The van der Waals surface area contributed by atoms with Crippen molar-refractivity contribution in [1.29, 1.82) is 0 Å². The minimum Gasteiger partial charge on any atom is -0.478 e. The molecule has 0 bridgehead atoms. The lowest BCUT2D eigenvalue weighted by Crippen LogP contribution is -1.97. The van der Waals surface area contributed by atoms with Crippen molar-refractivity contribution in [2.24, 2.45) is 0 Å². The van der Waals surface area contributed by atoms with Crippen LogP contribution in [-0.2, 0) is 4.79 Å². The summed E-state index contributed by atoms with van der Waals surface area (Å²) in [5, 5.41) is 8.59. The summed E-state index contributed by atoms with van der Waals surface area (Å²) in [5.74, 6) is -0.969. The molecule has 1 aromatic rings. The molecule has 1 rings (SSSR count). The summed E-state index contributed by atoms with van der Waals surface area (Å²) in [7, 11) is 0.